The molecule has 0 bridgehead atoms. The van der Waals surface area contributed by atoms with Gasteiger partial charge in [-0.05, 0) is 31.2 Å². The highest BCUT2D eigenvalue weighted by Crippen LogP contribution is 2.27. The minimum absolute atomic E-state index is 0.349. The lowest BCUT2D eigenvalue weighted by Gasteiger charge is -2.28. The van der Waals surface area contributed by atoms with Gasteiger partial charge in [-0.15, -0.1) is 11.3 Å². The lowest BCUT2D eigenvalue weighted by Crippen LogP contribution is -2.40. The van der Waals surface area contributed by atoms with Crippen molar-refractivity contribution >= 4 is 11.3 Å². The molecule has 0 radical (unpaired) electrons. The molecule has 0 aliphatic heterocycles. The summed E-state index contributed by atoms with van der Waals surface area (Å²) >= 11 is 1.78. The summed E-state index contributed by atoms with van der Waals surface area (Å²) in [6.45, 7) is 2.90. The third-order valence-electron chi connectivity index (χ3n) is 3.74. The van der Waals surface area contributed by atoms with E-state index in [1.807, 2.05) is 0 Å². The molecule has 1 saturated carbocycles. The minimum Gasteiger partial charge on any atom is -0.389 e. The molecule has 0 amide bonds. The van der Waals surface area contributed by atoms with E-state index >= 15 is 0 Å². The molecule has 1 atom stereocenters. The molecule has 2 N–H and O–H groups in total. The van der Waals surface area contributed by atoms with E-state index in [-0.39, 0.29) is 0 Å². The standard InChI is InChI=1S/C14H23NOS/c1-12(13-7-6-10-17-13)15-11-14(16)8-4-2-3-5-9-14/h6-7,10,12,15-16H,2-5,8-9,11H2,1H3/t12-/m0/s1. The second-order valence-corrected chi connectivity index (χ2v) is 6.24. The van der Waals surface area contributed by atoms with E-state index in [9.17, 15) is 5.11 Å². The number of thiophene rings is 1. The van der Waals surface area contributed by atoms with Crippen LogP contribution in [0.5, 0.6) is 0 Å². The minimum atomic E-state index is -0.470. The van der Waals surface area contributed by atoms with Crippen molar-refractivity contribution in [2.75, 3.05) is 6.54 Å². The van der Waals surface area contributed by atoms with Crippen molar-refractivity contribution in [3.63, 3.8) is 0 Å². The van der Waals surface area contributed by atoms with Gasteiger partial charge in [-0.3, -0.25) is 0 Å². The van der Waals surface area contributed by atoms with E-state index in [0.29, 0.717) is 6.04 Å². The van der Waals surface area contributed by atoms with Crippen LogP contribution in [0, 0.1) is 0 Å². The van der Waals surface area contributed by atoms with E-state index in [4.69, 9.17) is 0 Å². The van der Waals surface area contributed by atoms with Crippen molar-refractivity contribution in [2.24, 2.45) is 0 Å². The Kier molecular flexibility index (Phi) is 4.60. The average Bonchev–Trinajstić information content (AvgIpc) is 2.77. The molecule has 2 nitrogen and oxygen atoms in total. The van der Waals surface area contributed by atoms with Crippen LogP contribution in [0.25, 0.3) is 0 Å². The Hall–Kier alpha value is -0.380. The zero-order valence-corrected chi connectivity index (χ0v) is 11.4. The Morgan fingerprint density at radius 3 is 2.65 bits per heavy atom. The van der Waals surface area contributed by atoms with Crippen molar-refractivity contribution in [3.05, 3.63) is 22.4 Å². The number of aliphatic hydroxyl groups is 1. The molecule has 1 aliphatic carbocycles. The summed E-state index contributed by atoms with van der Waals surface area (Å²) in [5, 5.41) is 16.1. The van der Waals surface area contributed by atoms with E-state index in [1.54, 1.807) is 11.3 Å². The lowest BCUT2D eigenvalue weighted by atomic mass is 9.94. The lowest BCUT2D eigenvalue weighted by molar-refractivity contribution is 0.0232. The SMILES string of the molecule is C[C@H](NCC1(O)CCCCCC1)c1cccs1. The van der Waals surface area contributed by atoms with E-state index < -0.39 is 5.60 Å². The maximum atomic E-state index is 10.5. The van der Waals surface area contributed by atoms with Crippen LogP contribution in [0.1, 0.15) is 56.4 Å². The Labute approximate surface area is 108 Å². The summed E-state index contributed by atoms with van der Waals surface area (Å²) < 4.78 is 0. The van der Waals surface area contributed by atoms with Gasteiger partial charge in [0.25, 0.3) is 0 Å². The molecule has 2 rings (SSSR count). The Bertz CT molecular complexity index is 315. The largest absolute Gasteiger partial charge is 0.389 e. The van der Waals surface area contributed by atoms with Crippen molar-refractivity contribution < 1.29 is 5.11 Å². The fraction of sp³-hybridized carbons (Fsp3) is 0.714. The highest BCUT2D eigenvalue weighted by molar-refractivity contribution is 7.10. The smallest absolute Gasteiger partial charge is 0.0771 e. The number of rotatable bonds is 4. The van der Waals surface area contributed by atoms with Crippen LogP contribution in [-0.4, -0.2) is 17.3 Å². The number of hydrogen-bond donors (Lipinski definition) is 2. The highest BCUT2D eigenvalue weighted by Gasteiger charge is 2.28. The first-order valence-electron chi connectivity index (χ1n) is 6.69. The number of hydrogen-bond acceptors (Lipinski definition) is 3. The van der Waals surface area contributed by atoms with Crippen LogP contribution in [0.4, 0.5) is 0 Å². The van der Waals surface area contributed by atoms with Crippen LogP contribution >= 0.6 is 11.3 Å². The topological polar surface area (TPSA) is 32.3 Å². The van der Waals surface area contributed by atoms with Gasteiger partial charge in [0.2, 0.25) is 0 Å². The van der Waals surface area contributed by atoms with Crippen molar-refractivity contribution in [1.29, 1.82) is 0 Å². The van der Waals surface area contributed by atoms with Gasteiger partial charge in [-0.25, -0.2) is 0 Å². The van der Waals surface area contributed by atoms with E-state index in [2.05, 4.69) is 29.8 Å². The van der Waals surface area contributed by atoms with Gasteiger partial charge in [0, 0.05) is 17.5 Å². The van der Waals surface area contributed by atoms with Gasteiger partial charge in [0.05, 0.1) is 5.60 Å². The molecule has 17 heavy (non-hydrogen) atoms. The highest BCUT2D eigenvalue weighted by atomic mass is 32.1. The zero-order valence-electron chi connectivity index (χ0n) is 10.6. The Balaban J connectivity index is 1.84. The molecule has 0 aromatic carbocycles. The molecule has 0 unspecified atom stereocenters. The molecule has 96 valence electrons. The first-order valence-corrected chi connectivity index (χ1v) is 7.57. The van der Waals surface area contributed by atoms with E-state index in [0.717, 1.165) is 19.4 Å². The Morgan fingerprint density at radius 2 is 2.06 bits per heavy atom. The van der Waals surface area contributed by atoms with Gasteiger partial charge in [0.15, 0.2) is 0 Å². The first-order chi connectivity index (χ1) is 8.20. The van der Waals surface area contributed by atoms with E-state index in [1.165, 1.54) is 30.6 Å². The summed E-state index contributed by atoms with van der Waals surface area (Å²) in [6, 6.07) is 4.58. The van der Waals surface area contributed by atoms with Crippen LogP contribution in [-0.2, 0) is 0 Å². The second-order valence-electron chi connectivity index (χ2n) is 5.26. The summed E-state index contributed by atoms with van der Waals surface area (Å²) in [6.07, 6.45) is 6.82. The second kappa shape index (κ2) is 5.98. The van der Waals surface area contributed by atoms with Gasteiger partial charge in [-0.1, -0.05) is 31.7 Å². The average molecular weight is 253 g/mol. The monoisotopic (exact) mass is 253 g/mol. The molecule has 1 aromatic rings. The summed E-state index contributed by atoms with van der Waals surface area (Å²) in [5.41, 5.74) is -0.470. The van der Waals surface area contributed by atoms with Crippen molar-refractivity contribution in [2.45, 2.75) is 57.1 Å². The van der Waals surface area contributed by atoms with Crippen LogP contribution in [0.15, 0.2) is 17.5 Å². The fourth-order valence-electron chi connectivity index (χ4n) is 2.54. The zero-order chi connectivity index (χ0) is 12.1. The maximum absolute atomic E-state index is 10.5. The predicted octanol–water partition coefficient (Wildman–Crippen LogP) is 3.48. The molecule has 0 spiro atoms. The Morgan fingerprint density at radius 1 is 1.35 bits per heavy atom. The molecule has 1 fully saturated rings. The van der Waals surface area contributed by atoms with Crippen molar-refractivity contribution in [1.82, 2.24) is 5.32 Å². The van der Waals surface area contributed by atoms with Gasteiger partial charge < -0.3 is 10.4 Å². The molecular formula is C14H23NOS. The predicted molar refractivity (Wildman–Crippen MR) is 73.4 cm³/mol. The van der Waals surface area contributed by atoms with Gasteiger partial charge >= 0.3 is 0 Å². The quantitative estimate of drug-likeness (QED) is 0.805. The first kappa shape index (κ1) is 13.1. The molecular weight excluding hydrogens is 230 g/mol. The van der Waals surface area contributed by atoms with Crippen LogP contribution in [0.2, 0.25) is 0 Å². The van der Waals surface area contributed by atoms with Crippen LogP contribution < -0.4 is 5.32 Å². The van der Waals surface area contributed by atoms with Gasteiger partial charge in [0.1, 0.15) is 0 Å². The summed E-state index contributed by atoms with van der Waals surface area (Å²) in [4.78, 5) is 1.35. The molecule has 1 heterocycles. The van der Waals surface area contributed by atoms with Crippen LogP contribution in [0.3, 0.4) is 0 Å². The molecule has 1 aromatic heterocycles. The van der Waals surface area contributed by atoms with Gasteiger partial charge in [-0.2, -0.15) is 0 Å². The third-order valence-corrected chi connectivity index (χ3v) is 4.80. The third kappa shape index (κ3) is 3.80. The fourth-order valence-corrected chi connectivity index (χ4v) is 3.30. The maximum Gasteiger partial charge on any atom is 0.0771 e. The number of nitrogens with one attached hydrogen (secondary N) is 1. The molecule has 0 saturated heterocycles. The molecule has 1 aliphatic rings. The normalized spacial score (nSPS) is 22.0. The summed E-state index contributed by atoms with van der Waals surface area (Å²) in [7, 11) is 0. The van der Waals surface area contributed by atoms with Crippen molar-refractivity contribution in [3.8, 4) is 0 Å². The molecule has 3 heteroatoms. The summed E-state index contributed by atoms with van der Waals surface area (Å²) in [5.74, 6) is 0.